The SMILES string of the molecule is COc1ccc(OCC(=O)N/N=C/c2ccccc2[N+](=O)[O-])c(Br)c1. The van der Waals surface area contributed by atoms with Crippen LogP contribution in [0.4, 0.5) is 5.69 Å². The molecule has 0 heterocycles. The number of carbonyl (C=O) groups excluding carboxylic acids is 1. The van der Waals surface area contributed by atoms with Crippen LogP contribution in [0.5, 0.6) is 11.5 Å². The van der Waals surface area contributed by atoms with Gasteiger partial charge in [-0.15, -0.1) is 0 Å². The van der Waals surface area contributed by atoms with Crippen molar-refractivity contribution >= 4 is 33.7 Å². The zero-order valence-corrected chi connectivity index (χ0v) is 14.7. The molecule has 0 radical (unpaired) electrons. The molecule has 2 aromatic rings. The quantitative estimate of drug-likeness (QED) is 0.431. The minimum atomic E-state index is -0.520. The molecule has 0 aliphatic carbocycles. The number of nitrogens with zero attached hydrogens (tertiary/aromatic N) is 2. The second kappa shape index (κ2) is 8.78. The van der Waals surface area contributed by atoms with Crippen LogP contribution in [0.3, 0.4) is 0 Å². The van der Waals surface area contributed by atoms with Crippen LogP contribution in [-0.4, -0.2) is 30.8 Å². The van der Waals surface area contributed by atoms with E-state index in [2.05, 4.69) is 26.5 Å². The molecule has 1 N–H and O–H groups in total. The maximum Gasteiger partial charge on any atom is 0.278 e. The van der Waals surface area contributed by atoms with Crippen LogP contribution in [-0.2, 0) is 4.79 Å². The van der Waals surface area contributed by atoms with Gasteiger partial charge in [-0.3, -0.25) is 14.9 Å². The summed E-state index contributed by atoms with van der Waals surface area (Å²) < 4.78 is 11.1. The Labute approximate surface area is 151 Å². The summed E-state index contributed by atoms with van der Waals surface area (Å²) in [5, 5.41) is 14.6. The van der Waals surface area contributed by atoms with E-state index in [1.165, 1.54) is 18.3 Å². The van der Waals surface area contributed by atoms with Crippen molar-refractivity contribution in [1.29, 1.82) is 0 Å². The summed E-state index contributed by atoms with van der Waals surface area (Å²) in [5.74, 6) is 0.619. The summed E-state index contributed by atoms with van der Waals surface area (Å²) in [6.45, 7) is -0.265. The molecule has 8 nitrogen and oxygen atoms in total. The third kappa shape index (κ3) is 5.28. The van der Waals surface area contributed by atoms with Gasteiger partial charge in [0.2, 0.25) is 0 Å². The van der Waals surface area contributed by atoms with Gasteiger partial charge in [0.1, 0.15) is 11.5 Å². The van der Waals surface area contributed by atoms with E-state index in [1.54, 1.807) is 37.4 Å². The number of hydrazone groups is 1. The van der Waals surface area contributed by atoms with Gasteiger partial charge in [-0.05, 0) is 40.2 Å². The van der Waals surface area contributed by atoms with E-state index < -0.39 is 10.8 Å². The third-order valence-electron chi connectivity index (χ3n) is 3.02. The van der Waals surface area contributed by atoms with Crippen LogP contribution < -0.4 is 14.9 Å². The van der Waals surface area contributed by atoms with E-state index in [9.17, 15) is 14.9 Å². The lowest BCUT2D eigenvalue weighted by Crippen LogP contribution is -2.24. The minimum Gasteiger partial charge on any atom is -0.497 e. The number of hydrogen-bond acceptors (Lipinski definition) is 6. The summed E-state index contributed by atoms with van der Waals surface area (Å²) >= 11 is 3.31. The number of carbonyl (C=O) groups is 1. The molecule has 0 atom stereocenters. The Morgan fingerprint density at radius 3 is 2.80 bits per heavy atom. The molecule has 0 aliphatic rings. The van der Waals surface area contributed by atoms with Gasteiger partial charge >= 0.3 is 0 Å². The maximum absolute atomic E-state index is 11.7. The molecule has 0 fully saturated rings. The van der Waals surface area contributed by atoms with E-state index in [0.29, 0.717) is 16.0 Å². The van der Waals surface area contributed by atoms with E-state index in [4.69, 9.17) is 9.47 Å². The molecule has 0 saturated heterocycles. The highest BCUT2D eigenvalue weighted by Gasteiger charge is 2.10. The number of halogens is 1. The molecule has 0 spiro atoms. The number of methoxy groups -OCH3 is 1. The van der Waals surface area contributed by atoms with Gasteiger partial charge in [0.25, 0.3) is 11.6 Å². The molecule has 130 valence electrons. The average Bonchev–Trinajstić information content (AvgIpc) is 2.60. The molecule has 25 heavy (non-hydrogen) atoms. The molecular weight excluding hydrogens is 394 g/mol. The van der Waals surface area contributed by atoms with Gasteiger partial charge in [-0.25, -0.2) is 5.43 Å². The van der Waals surface area contributed by atoms with Crippen molar-refractivity contribution in [1.82, 2.24) is 5.43 Å². The Bertz CT molecular complexity index is 810. The lowest BCUT2D eigenvalue weighted by Gasteiger charge is -2.08. The van der Waals surface area contributed by atoms with Crippen LogP contribution in [0.15, 0.2) is 52.0 Å². The first-order chi connectivity index (χ1) is 12.0. The number of nitro groups is 1. The fourth-order valence-corrected chi connectivity index (χ4v) is 2.31. The first-order valence-electron chi connectivity index (χ1n) is 7.03. The predicted molar refractivity (Wildman–Crippen MR) is 95.0 cm³/mol. The monoisotopic (exact) mass is 407 g/mol. The Morgan fingerprint density at radius 1 is 1.36 bits per heavy atom. The largest absolute Gasteiger partial charge is 0.497 e. The van der Waals surface area contributed by atoms with Crippen LogP contribution in [0.1, 0.15) is 5.56 Å². The Morgan fingerprint density at radius 2 is 2.12 bits per heavy atom. The normalized spacial score (nSPS) is 10.5. The van der Waals surface area contributed by atoms with Crippen molar-refractivity contribution in [2.24, 2.45) is 5.10 Å². The number of rotatable bonds is 7. The summed E-state index contributed by atoms with van der Waals surface area (Å²) in [5.41, 5.74) is 2.44. The van der Waals surface area contributed by atoms with Crippen LogP contribution in [0, 0.1) is 10.1 Å². The van der Waals surface area contributed by atoms with Crippen molar-refractivity contribution in [3.8, 4) is 11.5 Å². The molecule has 0 bridgehead atoms. The molecular formula is C16H14BrN3O5. The van der Waals surface area contributed by atoms with E-state index >= 15 is 0 Å². The number of nitrogens with one attached hydrogen (secondary N) is 1. The van der Waals surface area contributed by atoms with Gasteiger partial charge in [0.05, 0.1) is 28.3 Å². The summed E-state index contributed by atoms with van der Waals surface area (Å²) in [6.07, 6.45) is 1.21. The number of amides is 1. The first kappa shape index (κ1) is 18.4. The van der Waals surface area contributed by atoms with Crippen molar-refractivity contribution in [2.45, 2.75) is 0 Å². The van der Waals surface area contributed by atoms with Gasteiger partial charge in [0, 0.05) is 6.07 Å². The number of para-hydroxylation sites is 1. The zero-order chi connectivity index (χ0) is 18.2. The molecule has 0 aliphatic heterocycles. The Balaban J connectivity index is 1.90. The third-order valence-corrected chi connectivity index (χ3v) is 3.64. The van der Waals surface area contributed by atoms with Gasteiger partial charge in [-0.1, -0.05) is 12.1 Å². The Kier molecular flexibility index (Phi) is 6.47. The molecule has 2 aromatic carbocycles. The smallest absolute Gasteiger partial charge is 0.278 e. The highest BCUT2D eigenvalue weighted by atomic mass is 79.9. The average molecular weight is 408 g/mol. The zero-order valence-electron chi connectivity index (χ0n) is 13.1. The predicted octanol–water partition coefficient (Wildman–Crippen LogP) is 2.90. The Hall–Kier alpha value is -2.94. The fourth-order valence-electron chi connectivity index (χ4n) is 1.84. The molecule has 1 amide bonds. The molecule has 9 heteroatoms. The van der Waals surface area contributed by atoms with E-state index in [-0.39, 0.29) is 17.9 Å². The van der Waals surface area contributed by atoms with E-state index in [0.717, 1.165) is 0 Å². The van der Waals surface area contributed by atoms with Crippen molar-refractivity contribution in [2.75, 3.05) is 13.7 Å². The molecule has 0 unspecified atom stereocenters. The number of hydrogen-bond donors (Lipinski definition) is 1. The maximum atomic E-state index is 11.7. The van der Waals surface area contributed by atoms with Gasteiger partial charge in [0.15, 0.2) is 6.61 Å². The lowest BCUT2D eigenvalue weighted by atomic mass is 10.2. The second-order valence-electron chi connectivity index (χ2n) is 4.69. The van der Waals surface area contributed by atoms with Crippen LogP contribution >= 0.6 is 15.9 Å². The molecule has 0 aromatic heterocycles. The van der Waals surface area contributed by atoms with E-state index in [1.807, 2.05) is 0 Å². The topological polar surface area (TPSA) is 103 Å². The standard InChI is InChI=1S/C16H14BrN3O5/c1-24-12-6-7-15(13(17)8-12)25-10-16(21)19-18-9-11-4-2-3-5-14(11)20(22)23/h2-9H,10H2,1H3,(H,19,21)/b18-9+. The van der Waals surface area contributed by atoms with Gasteiger partial charge < -0.3 is 9.47 Å². The van der Waals surface area contributed by atoms with Crippen molar-refractivity contribution < 1.29 is 19.2 Å². The summed E-state index contributed by atoms with van der Waals surface area (Å²) in [6, 6.07) is 11.1. The number of nitro benzene ring substituents is 1. The second-order valence-corrected chi connectivity index (χ2v) is 5.55. The minimum absolute atomic E-state index is 0.0982. The highest BCUT2D eigenvalue weighted by molar-refractivity contribution is 9.10. The number of ether oxygens (including phenoxy) is 2. The fraction of sp³-hybridized carbons (Fsp3) is 0.125. The molecule has 0 saturated carbocycles. The summed E-state index contributed by atoms with van der Waals surface area (Å²) in [7, 11) is 1.55. The highest BCUT2D eigenvalue weighted by Crippen LogP contribution is 2.28. The van der Waals surface area contributed by atoms with Crippen molar-refractivity contribution in [3.05, 3.63) is 62.6 Å². The van der Waals surface area contributed by atoms with Gasteiger partial charge in [-0.2, -0.15) is 5.10 Å². The first-order valence-corrected chi connectivity index (χ1v) is 7.82. The number of benzene rings is 2. The summed E-state index contributed by atoms with van der Waals surface area (Å²) in [4.78, 5) is 22.1. The lowest BCUT2D eigenvalue weighted by molar-refractivity contribution is -0.385. The molecule has 2 rings (SSSR count). The van der Waals surface area contributed by atoms with Crippen LogP contribution in [0.2, 0.25) is 0 Å². The van der Waals surface area contributed by atoms with Crippen LogP contribution in [0.25, 0.3) is 0 Å². The van der Waals surface area contributed by atoms with Crippen molar-refractivity contribution in [3.63, 3.8) is 0 Å².